The van der Waals surface area contributed by atoms with Crippen LogP contribution < -0.4 is 20.1 Å². The number of methoxy groups -OCH3 is 1. The molecule has 0 spiro atoms. The van der Waals surface area contributed by atoms with Crippen molar-refractivity contribution in [2.24, 2.45) is 0 Å². The van der Waals surface area contributed by atoms with Crippen molar-refractivity contribution < 1.29 is 29.0 Å². The molecule has 1 unspecified atom stereocenters. The normalized spacial score (nSPS) is 12.3. The van der Waals surface area contributed by atoms with Gasteiger partial charge >= 0.3 is 5.97 Å². The third-order valence-corrected chi connectivity index (χ3v) is 9.86. The van der Waals surface area contributed by atoms with Crippen molar-refractivity contribution in [2.45, 2.75) is 90.1 Å². The lowest BCUT2D eigenvalue weighted by molar-refractivity contribution is -0.137. The van der Waals surface area contributed by atoms with Gasteiger partial charge in [0.2, 0.25) is 5.91 Å². The number of carbonyl (C=O) groups excluding carboxylic acids is 2. The Morgan fingerprint density at radius 3 is 1.93 bits per heavy atom. The van der Waals surface area contributed by atoms with E-state index >= 15 is 0 Å². The summed E-state index contributed by atoms with van der Waals surface area (Å²) in [4.78, 5) is 48.6. The van der Waals surface area contributed by atoms with Gasteiger partial charge in [-0.15, -0.1) is 0 Å². The number of nitrogens with one attached hydrogen (secondary N) is 2. The molecule has 0 aliphatic heterocycles. The maximum absolute atomic E-state index is 14.0. The number of carbonyl (C=O) groups is 3. The van der Waals surface area contributed by atoms with Gasteiger partial charge in [0, 0.05) is 35.5 Å². The fourth-order valence-corrected chi connectivity index (χ4v) is 6.40. The van der Waals surface area contributed by atoms with E-state index in [1.54, 1.807) is 55.9 Å². The zero-order valence-corrected chi connectivity index (χ0v) is 33.6. The quantitative estimate of drug-likeness (QED) is 0.0707. The van der Waals surface area contributed by atoms with E-state index in [2.05, 4.69) is 48.3 Å². The molecule has 10 heteroatoms. The Balaban J connectivity index is 1.29. The Bertz CT molecular complexity index is 2040. The van der Waals surface area contributed by atoms with Crippen LogP contribution in [0, 0.1) is 0 Å². The van der Waals surface area contributed by atoms with E-state index in [0.29, 0.717) is 29.3 Å². The van der Waals surface area contributed by atoms with Crippen molar-refractivity contribution in [1.82, 2.24) is 20.6 Å². The van der Waals surface area contributed by atoms with Gasteiger partial charge in [-0.2, -0.15) is 0 Å². The summed E-state index contributed by atoms with van der Waals surface area (Å²) in [5, 5.41) is 15.5. The lowest BCUT2D eigenvalue weighted by Gasteiger charge is -2.24. The third kappa shape index (κ3) is 12.5. The van der Waals surface area contributed by atoms with Crippen molar-refractivity contribution in [2.75, 3.05) is 13.7 Å². The van der Waals surface area contributed by atoms with E-state index in [1.807, 2.05) is 60.7 Å². The molecular formula is C47H54N4O6. The molecule has 1 heterocycles. The maximum atomic E-state index is 14.0. The van der Waals surface area contributed by atoms with Gasteiger partial charge in [-0.3, -0.25) is 14.4 Å². The number of aliphatic carboxylic acids is 1. The first kappa shape index (κ1) is 42.1. The largest absolute Gasteiger partial charge is 0.497 e. The van der Waals surface area contributed by atoms with E-state index in [1.165, 1.54) is 25.7 Å². The molecule has 1 aromatic heterocycles. The van der Waals surface area contributed by atoms with Crippen molar-refractivity contribution in [1.29, 1.82) is 0 Å². The Kier molecular flexibility index (Phi) is 14.9. The molecule has 2 amide bonds. The lowest BCUT2D eigenvalue weighted by atomic mass is 9.86. The average Bonchev–Trinajstić information content (AvgIpc) is 3.21. The van der Waals surface area contributed by atoms with Crippen LogP contribution in [0.1, 0.15) is 99.3 Å². The second kappa shape index (κ2) is 20.2. The number of hydrogen-bond donors (Lipinski definition) is 3. The number of carboxylic acids is 1. The molecule has 0 aliphatic carbocycles. The van der Waals surface area contributed by atoms with Gasteiger partial charge in [-0.25, -0.2) is 9.97 Å². The summed E-state index contributed by atoms with van der Waals surface area (Å²) in [6.45, 7) is 9.21. The molecule has 0 radical (unpaired) electrons. The van der Waals surface area contributed by atoms with Crippen molar-refractivity contribution >= 4 is 17.8 Å². The molecule has 2 atom stereocenters. The molecule has 0 aliphatic rings. The molecule has 3 N–H and O–H groups in total. The highest BCUT2D eigenvalue weighted by molar-refractivity contribution is 5.97. The Morgan fingerprint density at radius 2 is 1.33 bits per heavy atom. The van der Waals surface area contributed by atoms with E-state index < -0.39 is 29.9 Å². The number of carboxylic acid groups (broad SMARTS) is 1. The molecule has 0 fully saturated rings. The smallest absolute Gasteiger partial charge is 0.305 e. The molecule has 0 saturated carbocycles. The monoisotopic (exact) mass is 770 g/mol. The van der Waals surface area contributed by atoms with Gasteiger partial charge in [-0.1, -0.05) is 114 Å². The van der Waals surface area contributed by atoms with Crippen LogP contribution >= 0.6 is 0 Å². The number of rotatable bonds is 19. The predicted molar refractivity (Wildman–Crippen MR) is 223 cm³/mol. The SMILES string of the molecule is CCCCCCCOc1ccc(-c2cnc(-c3ccc(C[C@H](NC(=O)c4ccc(C(C)(C)C)cc4)C(=O)NC(CC(=O)O)c4ccc(OC)cc4)cc3)nc2)cc1. The van der Waals surface area contributed by atoms with Crippen molar-refractivity contribution in [3.63, 3.8) is 0 Å². The first-order valence-corrected chi connectivity index (χ1v) is 19.7. The first-order valence-electron chi connectivity index (χ1n) is 19.7. The van der Waals surface area contributed by atoms with Crippen molar-refractivity contribution in [3.05, 3.63) is 132 Å². The van der Waals surface area contributed by atoms with Crippen LogP contribution in [0.3, 0.4) is 0 Å². The molecule has 10 nitrogen and oxygen atoms in total. The van der Waals surface area contributed by atoms with E-state index in [4.69, 9.17) is 9.47 Å². The maximum Gasteiger partial charge on any atom is 0.305 e. The summed E-state index contributed by atoms with van der Waals surface area (Å²) in [5.41, 5.74) is 5.43. The zero-order chi connectivity index (χ0) is 40.8. The molecule has 298 valence electrons. The summed E-state index contributed by atoms with van der Waals surface area (Å²) in [6.07, 6.45) is 9.37. The second-order valence-corrected chi connectivity index (χ2v) is 15.3. The Labute approximate surface area is 336 Å². The highest BCUT2D eigenvalue weighted by Crippen LogP contribution is 2.26. The van der Waals surface area contributed by atoms with Gasteiger partial charge in [-0.05, 0) is 70.5 Å². The number of amides is 2. The lowest BCUT2D eigenvalue weighted by Crippen LogP contribution is -2.49. The van der Waals surface area contributed by atoms with Crippen LogP contribution in [-0.4, -0.2) is 52.6 Å². The highest BCUT2D eigenvalue weighted by atomic mass is 16.5. The van der Waals surface area contributed by atoms with Crippen LogP contribution in [0.2, 0.25) is 0 Å². The van der Waals surface area contributed by atoms with Crippen LogP contribution in [0.25, 0.3) is 22.5 Å². The average molecular weight is 771 g/mol. The number of hydrogen-bond acceptors (Lipinski definition) is 7. The number of ether oxygens (including phenoxy) is 2. The minimum atomic E-state index is -1.08. The van der Waals surface area contributed by atoms with Crippen LogP contribution in [-0.2, 0) is 21.4 Å². The summed E-state index contributed by atoms with van der Waals surface area (Å²) in [6, 6.07) is 27.8. The molecule has 5 rings (SSSR count). The van der Waals surface area contributed by atoms with E-state index in [-0.39, 0.29) is 18.3 Å². The third-order valence-electron chi connectivity index (χ3n) is 9.86. The summed E-state index contributed by atoms with van der Waals surface area (Å²) in [7, 11) is 1.54. The standard InChI is InChI=1S/C47H54N4O6/c1-6-7-8-9-10-27-57-40-25-17-33(18-26-40)37-30-48-44(49-31-37)35-13-11-32(12-14-35)28-42(51-45(54)36-15-21-38(22-16-36)47(2,3)4)46(55)50-41(29-43(52)53)34-19-23-39(56-5)24-20-34/h11-26,30-31,41-42H,6-10,27-29H2,1-5H3,(H,50,55)(H,51,54)(H,52,53)/t41?,42-/m0/s1. The number of aromatic nitrogens is 2. The number of benzene rings is 4. The Morgan fingerprint density at radius 1 is 0.719 bits per heavy atom. The Hall–Kier alpha value is -6.03. The minimum absolute atomic E-state index is 0.0913. The summed E-state index contributed by atoms with van der Waals surface area (Å²) in [5.74, 6) is -0.0101. The molecule has 0 bridgehead atoms. The zero-order valence-electron chi connectivity index (χ0n) is 33.6. The molecule has 4 aromatic carbocycles. The molecule has 0 saturated heterocycles. The van der Waals surface area contributed by atoms with Crippen LogP contribution in [0.5, 0.6) is 11.5 Å². The predicted octanol–water partition coefficient (Wildman–Crippen LogP) is 9.14. The van der Waals surface area contributed by atoms with E-state index in [0.717, 1.165) is 40.0 Å². The fraction of sp³-hybridized carbons (Fsp3) is 0.340. The van der Waals surface area contributed by atoms with Gasteiger partial charge in [0.1, 0.15) is 17.5 Å². The molecule has 57 heavy (non-hydrogen) atoms. The van der Waals surface area contributed by atoms with Gasteiger partial charge in [0.15, 0.2) is 5.82 Å². The van der Waals surface area contributed by atoms with Gasteiger partial charge < -0.3 is 25.2 Å². The van der Waals surface area contributed by atoms with E-state index in [9.17, 15) is 19.5 Å². The van der Waals surface area contributed by atoms with Gasteiger partial charge in [0.25, 0.3) is 5.91 Å². The number of unbranched alkanes of at least 4 members (excludes halogenated alkanes) is 4. The second-order valence-electron chi connectivity index (χ2n) is 15.3. The van der Waals surface area contributed by atoms with Crippen molar-refractivity contribution in [3.8, 4) is 34.0 Å². The first-order chi connectivity index (χ1) is 27.4. The minimum Gasteiger partial charge on any atom is -0.497 e. The summed E-state index contributed by atoms with van der Waals surface area (Å²) >= 11 is 0. The molecular weight excluding hydrogens is 717 g/mol. The highest BCUT2D eigenvalue weighted by Gasteiger charge is 2.27. The van der Waals surface area contributed by atoms with Gasteiger partial charge in [0.05, 0.1) is 26.2 Å². The summed E-state index contributed by atoms with van der Waals surface area (Å²) < 4.78 is 11.2. The number of nitrogens with zero attached hydrogens (tertiary/aromatic N) is 2. The van der Waals surface area contributed by atoms with Crippen LogP contribution in [0.4, 0.5) is 0 Å². The fourth-order valence-electron chi connectivity index (χ4n) is 6.40. The molecule has 5 aromatic rings. The van der Waals surface area contributed by atoms with Crippen LogP contribution in [0.15, 0.2) is 109 Å². The topological polar surface area (TPSA) is 140 Å².